The van der Waals surface area contributed by atoms with Crippen molar-refractivity contribution < 1.29 is 4.74 Å². The smallest absolute Gasteiger partial charge is 0.207 e. The minimum Gasteiger partial charge on any atom is -0.383 e. The van der Waals surface area contributed by atoms with E-state index in [9.17, 15) is 0 Å². The molecule has 0 spiro atoms. The molecule has 0 atom stereocenters. The van der Waals surface area contributed by atoms with Gasteiger partial charge >= 0.3 is 0 Å². The van der Waals surface area contributed by atoms with Crippen LogP contribution >= 0.6 is 23.2 Å². The summed E-state index contributed by atoms with van der Waals surface area (Å²) >= 11 is 12.5. The van der Waals surface area contributed by atoms with Crippen molar-refractivity contribution >= 4 is 34.8 Å². The second-order valence-corrected chi connectivity index (χ2v) is 5.36. The van der Waals surface area contributed by atoms with Crippen molar-refractivity contribution in [2.24, 2.45) is 0 Å². The zero-order chi connectivity index (χ0) is 14.7. The molecular weight excluding hydrogens is 297 g/mol. The maximum atomic E-state index is 6.30. The Labute approximate surface area is 128 Å². The van der Waals surface area contributed by atoms with E-state index in [2.05, 4.69) is 10.3 Å². The van der Waals surface area contributed by atoms with Crippen LogP contribution in [0.4, 0.5) is 11.6 Å². The Morgan fingerprint density at radius 1 is 1.30 bits per heavy atom. The molecule has 0 aliphatic carbocycles. The van der Waals surface area contributed by atoms with Gasteiger partial charge < -0.3 is 14.6 Å². The summed E-state index contributed by atoms with van der Waals surface area (Å²) in [6.45, 7) is 5.20. The van der Waals surface area contributed by atoms with E-state index >= 15 is 0 Å². The van der Waals surface area contributed by atoms with Gasteiger partial charge in [-0.1, -0.05) is 29.3 Å². The van der Waals surface area contributed by atoms with Crippen molar-refractivity contribution in [3.8, 4) is 0 Å². The molecule has 0 unspecified atom stereocenters. The second-order valence-electron chi connectivity index (χ2n) is 4.57. The van der Waals surface area contributed by atoms with Gasteiger partial charge in [0, 0.05) is 19.9 Å². The number of benzene rings is 1. The monoisotopic (exact) mass is 313 g/mol. The predicted molar refractivity (Wildman–Crippen MR) is 83.3 cm³/mol. The first kappa shape index (κ1) is 15.2. The molecule has 0 amide bonds. The topological polar surface area (TPSA) is 39.1 Å². The van der Waals surface area contributed by atoms with Gasteiger partial charge in [0.25, 0.3) is 0 Å². The number of aryl methyl sites for hydroxylation is 2. The molecule has 6 heteroatoms. The second kappa shape index (κ2) is 6.48. The molecule has 2 aromatic rings. The summed E-state index contributed by atoms with van der Waals surface area (Å²) in [5.41, 5.74) is 2.56. The molecule has 1 aromatic carbocycles. The van der Waals surface area contributed by atoms with Gasteiger partial charge in [0.15, 0.2) is 0 Å². The van der Waals surface area contributed by atoms with Gasteiger partial charge in [-0.2, -0.15) is 0 Å². The SMILES string of the molecule is COCCn1cc(C)nc1Nc1c(Cl)ccc(C)c1Cl. The maximum absolute atomic E-state index is 6.30. The van der Waals surface area contributed by atoms with Gasteiger partial charge in [-0.25, -0.2) is 4.98 Å². The third-order valence-electron chi connectivity index (χ3n) is 2.95. The number of halogens is 2. The fraction of sp³-hybridized carbons (Fsp3) is 0.357. The third kappa shape index (κ3) is 3.26. The van der Waals surface area contributed by atoms with Crippen molar-refractivity contribution in [3.63, 3.8) is 0 Å². The van der Waals surface area contributed by atoms with Crippen molar-refractivity contribution in [1.29, 1.82) is 0 Å². The van der Waals surface area contributed by atoms with Crippen LogP contribution < -0.4 is 5.32 Å². The minimum absolute atomic E-state index is 0.569. The third-order valence-corrected chi connectivity index (χ3v) is 3.76. The highest BCUT2D eigenvalue weighted by molar-refractivity contribution is 6.39. The molecule has 0 aliphatic heterocycles. The summed E-state index contributed by atoms with van der Waals surface area (Å²) in [4.78, 5) is 4.45. The average molecular weight is 314 g/mol. The average Bonchev–Trinajstić information content (AvgIpc) is 2.77. The minimum atomic E-state index is 0.569. The zero-order valence-corrected chi connectivity index (χ0v) is 13.2. The summed E-state index contributed by atoms with van der Waals surface area (Å²) in [6.07, 6.45) is 1.96. The molecule has 0 aliphatic rings. The molecule has 2 rings (SSSR count). The number of nitrogens with zero attached hydrogens (tertiary/aromatic N) is 2. The number of methoxy groups -OCH3 is 1. The number of imidazole rings is 1. The largest absolute Gasteiger partial charge is 0.383 e. The highest BCUT2D eigenvalue weighted by Gasteiger charge is 2.12. The number of hydrogen-bond donors (Lipinski definition) is 1. The first-order valence-electron chi connectivity index (χ1n) is 6.27. The van der Waals surface area contributed by atoms with Crippen LogP contribution in [-0.2, 0) is 11.3 Å². The van der Waals surface area contributed by atoms with Crippen LogP contribution in [0, 0.1) is 13.8 Å². The fourth-order valence-electron chi connectivity index (χ4n) is 1.89. The van der Waals surface area contributed by atoms with Crippen molar-refractivity contribution in [3.05, 3.63) is 39.6 Å². The molecule has 0 saturated heterocycles. The Balaban J connectivity index is 2.32. The Kier molecular flexibility index (Phi) is 4.91. The summed E-state index contributed by atoms with van der Waals surface area (Å²) < 4.78 is 7.08. The Bertz CT molecular complexity index is 611. The van der Waals surface area contributed by atoms with Crippen LogP contribution in [0.2, 0.25) is 10.0 Å². The van der Waals surface area contributed by atoms with Crippen LogP contribution in [-0.4, -0.2) is 23.3 Å². The Morgan fingerprint density at radius 3 is 2.75 bits per heavy atom. The van der Waals surface area contributed by atoms with Crippen LogP contribution in [0.15, 0.2) is 18.3 Å². The van der Waals surface area contributed by atoms with E-state index < -0.39 is 0 Å². The Morgan fingerprint density at radius 2 is 2.05 bits per heavy atom. The van der Waals surface area contributed by atoms with Crippen molar-refractivity contribution in [2.45, 2.75) is 20.4 Å². The van der Waals surface area contributed by atoms with Crippen molar-refractivity contribution in [2.75, 3.05) is 19.0 Å². The molecule has 1 aromatic heterocycles. The molecular formula is C14H17Cl2N3O. The fourth-order valence-corrected chi connectivity index (χ4v) is 2.35. The first-order valence-corrected chi connectivity index (χ1v) is 7.03. The number of aromatic nitrogens is 2. The number of hydrogen-bond acceptors (Lipinski definition) is 3. The van der Waals surface area contributed by atoms with Gasteiger partial charge in [0.2, 0.25) is 5.95 Å². The molecule has 1 N–H and O–H groups in total. The highest BCUT2D eigenvalue weighted by atomic mass is 35.5. The highest BCUT2D eigenvalue weighted by Crippen LogP contribution is 2.34. The molecule has 4 nitrogen and oxygen atoms in total. The molecule has 0 bridgehead atoms. The normalized spacial score (nSPS) is 10.8. The molecule has 0 radical (unpaired) electrons. The number of ether oxygens (including phenoxy) is 1. The summed E-state index contributed by atoms with van der Waals surface area (Å²) in [5.74, 6) is 0.703. The molecule has 0 saturated carbocycles. The van der Waals surface area contributed by atoms with E-state index in [4.69, 9.17) is 27.9 Å². The van der Waals surface area contributed by atoms with Gasteiger partial charge in [-0.3, -0.25) is 0 Å². The molecule has 0 fully saturated rings. The predicted octanol–water partition coefficient (Wildman–Crippen LogP) is 4.20. The lowest BCUT2D eigenvalue weighted by atomic mass is 10.2. The van der Waals surface area contributed by atoms with E-state index in [1.165, 1.54) is 0 Å². The lowest BCUT2D eigenvalue weighted by molar-refractivity contribution is 0.188. The standard InChI is InChI=1S/C14H17Cl2N3O/c1-9-4-5-11(15)13(12(9)16)18-14-17-10(2)8-19(14)6-7-20-3/h4-5,8H,6-7H2,1-3H3,(H,17,18). The van der Waals surface area contributed by atoms with E-state index in [0.29, 0.717) is 34.8 Å². The van der Waals surface area contributed by atoms with E-state index in [1.807, 2.05) is 36.7 Å². The zero-order valence-electron chi connectivity index (χ0n) is 11.7. The summed E-state index contributed by atoms with van der Waals surface area (Å²) in [7, 11) is 1.67. The number of nitrogens with one attached hydrogen (secondary N) is 1. The van der Waals surface area contributed by atoms with Crippen LogP contribution in [0.5, 0.6) is 0 Å². The summed E-state index contributed by atoms with van der Waals surface area (Å²) in [6, 6.07) is 3.71. The van der Waals surface area contributed by atoms with E-state index in [0.717, 1.165) is 11.3 Å². The molecule has 108 valence electrons. The van der Waals surface area contributed by atoms with Gasteiger partial charge in [-0.05, 0) is 25.5 Å². The number of anilines is 2. The van der Waals surface area contributed by atoms with Crippen LogP contribution in [0.25, 0.3) is 0 Å². The van der Waals surface area contributed by atoms with Gasteiger partial charge in [0.1, 0.15) is 0 Å². The van der Waals surface area contributed by atoms with Gasteiger partial charge in [-0.15, -0.1) is 0 Å². The van der Waals surface area contributed by atoms with E-state index in [-0.39, 0.29) is 0 Å². The summed E-state index contributed by atoms with van der Waals surface area (Å²) in [5, 5.41) is 4.39. The lowest BCUT2D eigenvalue weighted by Gasteiger charge is -2.13. The molecule has 1 heterocycles. The Hall–Kier alpha value is -1.23. The quantitative estimate of drug-likeness (QED) is 0.899. The van der Waals surface area contributed by atoms with Crippen molar-refractivity contribution in [1.82, 2.24) is 9.55 Å². The lowest BCUT2D eigenvalue weighted by Crippen LogP contribution is -2.07. The first-order chi connectivity index (χ1) is 9.52. The number of rotatable bonds is 5. The molecule has 20 heavy (non-hydrogen) atoms. The van der Waals surface area contributed by atoms with Gasteiger partial charge in [0.05, 0.1) is 28.0 Å². The maximum Gasteiger partial charge on any atom is 0.207 e. The van der Waals surface area contributed by atoms with Crippen LogP contribution in [0.3, 0.4) is 0 Å². The van der Waals surface area contributed by atoms with E-state index in [1.54, 1.807) is 7.11 Å². The van der Waals surface area contributed by atoms with Crippen LogP contribution in [0.1, 0.15) is 11.3 Å².